The molecule has 0 bridgehead atoms. The molecule has 0 radical (unpaired) electrons. The van der Waals surface area contributed by atoms with Gasteiger partial charge in [-0.2, -0.15) is 5.48 Å². The lowest BCUT2D eigenvalue weighted by Gasteiger charge is -2.24. The summed E-state index contributed by atoms with van der Waals surface area (Å²) in [7, 11) is 0. The molecule has 1 heterocycles. The fourth-order valence-corrected chi connectivity index (χ4v) is 0.891. The van der Waals surface area contributed by atoms with Gasteiger partial charge in [-0.3, -0.25) is 9.63 Å². The molecule has 2 atom stereocenters. The van der Waals surface area contributed by atoms with Gasteiger partial charge in [-0.25, -0.2) is 0 Å². The number of carboxylic acid groups (broad SMARTS) is 1. The summed E-state index contributed by atoms with van der Waals surface area (Å²) in [5.41, 5.74) is 2.47. The quantitative estimate of drug-likeness (QED) is 0.551. The molecule has 0 spiro atoms. The van der Waals surface area contributed by atoms with E-state index in [1.54, 1.807) is 0 Å². The summed E-state index contributed by atoms with van der Waals surface area (Å²) in [6.07, 6.45) is 1.59. The molecule has 0 aromatic heterocycles. The Morgan fingerprint density at radius 2 is 2.40 bits per heavy atom. The van der Waals surface area contributed by atoms with Crippen LogP contribution in [0, 0.1) is 0 Å². The van der Waals surface area contributed by atoms with E-state index < -0.39 is 12.0 Å². The van der Waals surface area contributed by atoms with Crippen LogP contribution in [0.25, 0.3) is 0 Å². The topological polar surface area (TPSA) is 58.6 Å². The second-order valence-electron chi connectivity index (χ2n) is 2.51. The second kappa shape index (κ2) is 2.98. The number of carbonyl (C=O) groups is 1. The van der Waals surface area contributed by atoms with E-state index in [2.05, 4.69) is 5.48 Å². The summed E-state index contributed by atoms with van der Waals surface area (Å²) in [5.74, 6) is -0.841. The molecule has 1 aliphatic heterocycles. The number of aliphatic carboxylic acids is 1. The maximum absolute atomic E-state index is 10.3. The van der Waals surface area contributed by atoms with Gasteiger partial charge in [-0.1, -0.05) is 0 Å². The first-order valence-corrected chi connectivity index (χ1v) is 3.34. The number of rotatable bonds is 1. The fraction of sp³-hybridized carbons (Fsp3) is 0.833. The van der Waals surface area contributed by atoms with Crippen LogP contribution in [0.3, 0.4) is 0 Å². The first-order chi connectivity index (χ1) is 4.70. The monoisotopic (exact) mass is 145 g/mol. The van der Waals surface area contributed by atoms with Gasteiger partial charge in [0.15, 0.2) is 0 Å². The summed E-state index contributed by atoms with van der Waals surface area (Å²) in [6, 6.07) is -0.517. The van der Waals surface area contributed by atoms with Crippen LogP contribution in [-0.4, -0.2) is 23.2 Å². The molecule has 58 valence electrons. The number of hydroxylamine groups is 1. The van der Waals surface area contributed by atoms with Crippen molar-refractivity contribution in [2.24, 2.45) is 0 Å². The van der Waals surface area contributed by atoms with E-state index in [9.17, 15) is 4.79 Å². The number of hydrogen-bond acceptors (Lipinski definition) is 3. The van der Waals surface area contributed by atoms with E-state index in [1.807, 2.05) is 6.92 Å². The Balaban J connectivity index is 2.33. The second-order valence-corrected chi connectivity index (χ2v) is 2.51. The summed E-state index contributed by atoms with van der Waals surface area (Å²) in [4.78, 5) is 15.2. The minimum Gasteiger partial charge on any atom is -0.480 e. The molecule has 10 heavy (non-hydrogen) atoms. The third kappa shape index (κ3) is 1.68. The largest absolute Gasteiger partial charge is 0.480 e. The highest BCUT2D eigenvalue weighted by molar-refractivity contribution is 5.73. The first-order valence-electron chi connectivity index (χ1n) is 3.34. The SMILES string of the molecule is CC1CCC(C(=O)O)NO1. The summed E-state index contributed by atoms with van der Waals surface area (Å²) >= 11 is 0. The molecular formula is C6H11NO3. The van der Waals surface area contributed by atoms with Gasteiger partial charge in [-0.15, -0.1) is 0 Å². The number of nitrogens with one attached hydrogen (secondary N) is 1. The van der Waals surface area contributed by atoms with Crippen LogP contribution in [0.1, 0.15) is 19.8 Å². The molecular weight excluding hydrogens is 134 g/mol. The van der Waals surface area contributed by atoms with Crippen LogP contribution < -0.4 is 5.48 Å². The Labute approximate surface area is 59.1 Å². The molecule has 4 nitrogen and oxygen atoms in total. The molecule has 1 fully saturated rings. The first kappa shape index (κ1) is 7.50. The van der Waals surface area contributed by atoms with Crippen LogP contribution >= 0.6 is 0 Å². The van der Waals surface area contributed by atoms with Crippen molar-refractivity contribution in [2.45, 2.75) is 31.9 Å². The number of carboxylic acids is 1. The molecule has 0 aromatic carbocycles. The standard InChI is InChI=1S/C6H11NO3/c1-4-2-3-5(6(8)9)7-10-4/h4-5,7H,2-3H2,1H3,(H,8,9). The van der Waals surface area contributed by atoms with Gasteiger partial charge < -0.3 is 5.11 Å². The van der Waals surface area contributed by atoms with Crippen molar-refractivity contribution in [1.29, 1.82) is 0 Å². The zero-order chi connectivity index (χ0) is 7.56. The highest BCUT2D eigenvalue weighted by Gasteiger charge is 2.23. The lowest BCUT2D eigenvalue weighted by molar-refractivity contribution is -0.151. The predicted octanol–water partition coefficient (Wildman–Crippen LogP) is 0.143. The third-order valence-electron chi connectivity index (χ3n) is 1.57. The van der Waals surface area contributed by atoms with Crippen LogP contribution in [0.2, 0.25) is 0 Å². The van der Waals surface area contributed by atoms with Crippen molar-refractivity contribution in [3.8, 4) is 0 Å². The molecule has 2 unspecified atom stereocenters. The van der Waals surface area contributed by atoms with Gasteiger partial charge in [0.1, 0.15) is 6.04 Å². The van der Waals surface area contributed by atoms with E-state index in [-0.39, 0.29) is 6.10 Å². The van der Waals surface area contributed by atoms with Crippen LogP contribution in [0.5, 0.6) is 0 Å². The van der Waals surface area contributed by atoms with E-state index in [0.717, 1.165) is 6.42 Å². The van der Waals surface area contributed by atoms with Gasteiger partial charge in [-0.05, 0) is 19.8 Å². The highest BCUT2D eigenvalue weighted by atomic mass is 16.7. The molecule has 4 heteroatoms. The highest BCUT2D eigenvalue weighted by Crippen LogP contribution is 2.10. The van der Waals surface area contributed by atoms with Crippen molar-refractivity contribution in [1.82, 2.24) is 5.48 Å². The summed E-state index contributed by atoms with van der Waals surface area (Å²) < 4.78 is 0. The Morgan fingerprint density at radius 1 is 1.70 bits per heavy atom. The summed E-state index contributed by atoms with van der Waals surface area (Å²) in [6.45, 7) is 1.91. The Kier molecular flexibility index (Phi) is 2.24. The summed E-state index contributed by atoms with van der Waals surface area (Å²) in [5, 5.41) is 8.48. The fourth-order valence-electron chi connectivity index (χ4n) is 0.891. The Morgan fingerprint density at radius 3 is 2.80 bits per heavy atom. The van der Waals surface area contributed by atoms with E-state index in [1.165, 1.54) is 0 Å². The molecule has 0 amide bonds. The van der Waals surface area contributed by atoms with Crippen LogP contribution in [0.15, 0.2) is 0 Å². The van der Waals surface area contributed by atoms with E-state index >= 15 is 0 Å². The normalized spacial score (nSPS) is 33.7. The zero-order valence-corrected chi connectivity index (χ0v) is 5.83. The van der Waals surface area contributed by atoms with Crippen molar-refractivity contribution in [2.75, 3.05) is 0 Å². The smallest absolute Gasteiger partial charge is 0.323 e. The average Bonchev–Trinajstić information content (AvgIpc) is 1.88. The maximum Gasteiger partial charge on any atom is 0.323 e. The molecule has 1 rings (SSSR count). The van der Waals surface area contributed by atoms with Gasteiger partial charge in [0.05, 0.1) is 6.10 Å². The molecule has 0 aliphatic carbocycles. The lowest BCUT2D eigenvalue weighted by Crippen LogP contribution is -2.43. The van der Waals surface area contributed by atoms with Crippen molar-refractivity contribution in [3.63, 3.8) is 0 Å². The molecule has 2 N–H and O–H groups in total. The van der Waals surface area contributed by atoms with Gasteiger partial charge >= 0.3 is 5.97 Å². The van der Waals surface area contributed by atoms with Crippen LogP contribution in [-0.2, 0) is 9.63 Å². The third-order valence-corrected chi connectivity index (χ3v) is 1.57. The molecule has 0 aromatic rings. The Hall–Kier alpha value is -0.610. The molecule has 1 aliphatic rings. The van der Waals surface area contributed by atoms with Crippen molar-refractivity contribution >= 4 is 5.97 Å². The van der Waals surface area contributed by atoms with E-state index in [0.29, 0.717) is 6.42 Å². The predicted molar refractivity (Wildman–Crippen MR) is 34.3 cm³/mol. The van der Waals surface area contributed by atoms with Gasteiger partial charge in [0.25, 0.3) is 0 Å². The average molecular weight is 145 g/mol. The minimum atomic E-state index is -0.841. The van der Waals surface area contributed by atoms with Gasteiger partial charge in [0, 0.05) is 0 Å². The molecule has 0 saturated carbocycles. The van der Waals surface area contributed by atoms with Gasteiger partial charge in [0.2, 0.25) is 0 Å². The minimum absolute atomic E-state index is 0.135. The number of hydrogen-bond donors (Lipinski definition) is 2. The van der Waals surface area contributed by atoms with Crippen molar-refractivity contribution < 1.29 is 14.7 Å². The van der Waals surface area contributed by atoms with Crippen molar-refractivity contribution in [3.05, 3.63) is 0 Å². The lowest BCUT2D eigenvalue weighted by atomic mass is 10.1. The van der Waals surface area contributed by atoms with Crippen LogP contribution in [0.4, 0.5) is 0 Å². The zero-order valence-electron chi connectivity index (χ0n) is 5.83. The molecule has 1 saturated heterocycles. The van der Waals surface area contributed by atoms with E-state index in [4.69, 9.17) is 9.94 Å². The maximum atomic E-state index is 10.3. The Bertz CT molecular complexity index is 129.